The van der Waals surface area contributed by atoms with Crippen molar-refractivity contribution < 1.29 is 9.18 Å². The Balaban J connectivity index is 2.37. The molecule has 3 nitrogen and oxygen atoms in total. The number of halogens is 2. The average Bonchev–Trinajstić information content (AvgIpc) is 2.57. The van der Waals surface area contributed by atoms with Crippen LogP contribution in [0.1, 0.15) is 24.9 Å². The molecule has 92 valence electrons. The Morgan fingerprint density at radius 2 is 2.29 bits per heavy atom. The van der Waals surface area contributed by atoms with E-state index in [9.17, 15) is 9.18 Å². The van der Waals surface area contributed by atoms with Gasteiger partial charge in [0.2, 0.25) is 5.91 Å². The number of benzene rings is 1. The number of hydrogen-bond acceptors (Lipinski definition) is 2. The predicted molar refractivity (Wildman–Crippen MR) is 66.8 cm³/mol. The molecule has 2 unspecified atom stereocenters. The van der Waals surface area contributed by atoms with Gasteiger partial charge in [-0.3, -0.25) is 4.79 Å². The van der Waals surface area contributed by atoms with Crippen molar-refractivity contribution in [2.45, 2.75) is 25.4 Å². The van der Waals surface area contributed by atoms with Gasteiger partial charge >= 0.3 is 0 Å². The summed E-state index contributed by atoms with van der Waals surface area (Å²) < 4.78 is 13.9. The van der Waals surface area contributed by atoms with E-state index in [0.717, 1.165) is 5.56 Å². The summed E-state index contributed by atoms with van der Waals surface area (Å²) in [6.07, 6.45) is 0.330. The van der Waals surface area contributed by atoms with Crippen molar-refractivity contribution >= 4 is 21.8 Å². The van der Waals surface area contributed by atoms with Gasteiger partial charge in [-0.25, -0.2) is 4.39 Å². The molecule has 1 aromatic carbocycles. The number of nitrogens with two attached hydrogens (primary N) is 1. The second kappa shape index (κ2) is 4.74. The highest BCUT2D eigenvalue weighted by molar-refractivity contribution is 9.10. The molecule has 0 radical (unpaired) electrons. The quantitative estimate of drug-likeness (QED) is 0.910. The van der Waals surface area contributed by atoms with Crippen LogP contribution in [0, 0.1) is 5.82 Å². The van der Waals surface area contributed by atoms with E-state index in [1.807, 2.05) is 6.92 Å². The Morgan fingerprint density at radius 3 is 2.88 bits per heavy atom. The number of amides is 1. The van der Waals surface area contributed by atoms with Gasteiger partial charge in [-0.1, -0.05) is 6.07 Å². The van der Waals surface area contributed by atoms with E-state index < -0.39 is 0 Å². The predicted octanol–water partition coefficient (Wildman–Crippen LogP) is 2.21. The summed E-state index contributed by atoms with van der Waals surface area (Å²) in [6.45, 7) is 2.49. The summed E-state index contributed by atoms with van der Waals surface area (Å²) >= 11 is 3.11. The van der Waals surface area contributed by atoms with Crippen LogP contribution >= 0.6 is 15.9 Å². The molecule has 2 rings (SSSR count). The highest BCUT2D eigenvalue weighted by Gasteiger charge is 2.37. The van der Waals surface area contributed by atoms with E-state index in [1.54, 1.807) is 17.0 Å². The van der Waals surface area contributed by atoms with Crippen LogP contribution in [0.4, 0.5) is 4.39 Å². The zero-order valence-electron chi connectivity index (χ0n) is 9.49. The van der Waals surface area contributed by atoms with Gasteiger partial charge in [0.1, 0.15) is 5.82 Å². The first-order valence-corrected chi connectivity index (χ1v) is 6.34. The molecule has 0 aromatic heterocycles. The molecule has 2 N–H and O–H groups in total. The fourth-order valence-electron chi connectivity index (χ4n) is 2.31. The number of nitrogens with zero attached hydrogens (tertiary/aromatic N) is 1. The molecule has 0 bridgehead atoms. The molecule has 1 heterocycles. The fraction of sp³-hybridized carbons (Fsp3) is 0.417. The minimum Gasteiger partial charge on any atom is -0.334 e. The van der Waals surface area contributed by atoms with Crippen molar-refractivity contribution in [2.75, 3.05) is 6.54 Å². The van der Waals surface area contributed by atoms with E-state index in [1.165, 1.54) is 6.07 Å². The molecular weight excluding hydrogens is 287 g/mol. The molecule has 17 heavy (non-hydrogen) atoms. The van der Waals surface area contributed by atoms with Crippen LogP contribution in [-0.4, -0.2) is 23.4 Å². The van der Waals surface area contributed by atoms with Gasteiger partial charge in [-0.2, -0.15) is 0 Å². The standard InChI is InChI=1S/C12H14BrFN2O/c1-2-16-11(17)6-10(15)12(16)7-3-4-8(13)9(14)5-7/h3-5,10,12H,2,6,15H2,1H3. The van der Waals surface area contributed by atoms with Gasteiger partial charge in [-0.05, 0) is 40.5 Å². The lowest BCUT2D eigenvalue weighted by Crippen LogP contribution is -2.32. The van der Waals surface area contributed by atoms with Crippen molar-refractivity contribution in [2.24, 2.45) is 5.73 Å². The lowest BCUT2D eigenvalue weighted by molar-refractivity contribution is -0.128. The number of likely N-dealkylation sites (tertiary alicyclic amines) is 1. The number of hydrogen-bond donors (Lipinski definition) is 1. The van der Waals surface area contributed by atoms with Crippen molar-refractivity contribution in [3.63, 3.8) is 0 Å². The normalized spacial score (nSPS) is 24.5. The molecule has 5 heteroatoms. The van der Waals surface area contributed by atoms with E-state index in [2.05, 4.69) is 15.9 Å². The summed E-state index contributed by atoms with van der Waals surface area (Å²) in [5.41, 5.74) is 6.71. The van der Waals surface area contributed by atoms with Gasteiger partial charge in [0.05, 0.1) is 10.5 Å². The van der Waals surface area contributed by atoms with Crippen molar-refractivity contribution in [3.05, 3.63) is 34.1 Å². The molecule has 1 aliphatic rings. The maximum atomic E-state index is 13.5. The average molecular weight is 301 g/mol. The van der Waals surface area contributed by atoms with Crippen LogP contribution in [0.15, 0.2) is 22.7 Å². The zero-order valence-corrected chi connectivity index (χ0v) is 11.1. The smallest absolute Gasteiger partial charge is 0.224 e. The maximum Gasteiger partial charge on any atom is 0.224 e. The van der Waals surface area contributed by atoms with Crippen molar-refractivity contribution in [3.8, 4) is 0 Å². The van der Waals surface area contributed by atoms with Gasteiger partial charge in [-0.15, -0.1) is 0 Å². The molecule has 1 aromatic rings. The van der Waals surface area contributed by atoms with Crippen LogP contribution < -0.4 is 5.73 Å². The molecule has 1 saturated heterocycles. The number of carbonyl (C=O) groups excluding carboxylic acids is 1. The number of rotatable bonds is 2. The second-order valence-corrected chi connectivity index (χ2v) is 5.02. The van der Waals surface area contributed by atoms with Crippen LogP contribution in [0.3, 0.4) is 0 Å². The van der Waals surface area contributed by atoms with Crippen molar-refractivity contribution in [1.29, 1.82) is 0 Å². The first-order valence-electron chi connectivity index (χ1n) is 5.54. The lowest BCUT2D eigenvalue weighted by atomic mass is 10.0. The molecule has 2 atom stereocenters. The Morgan fingerprint density at radius 1 is 1.59 bits per heavy atom. The summed E-state index contributed by atoms with van der Waals surface area (Å²) in [5.74, 6) is -0.293. The van der Waals surface area contributed by atoms with Crippen LogP contribution in [0.2, 0.25) is 0 Å². The fourth-order valence-corrected chi connectivity index (χ4v) is 2.56. The molecule has 0 spiro atoms. The minimum atomic E-state index is -0.329. The van der Waals surface area contributed by atoms with Gasteiger partial charge in [0, 0.05) is 19.0 Å². The highest BCUT2D eigenvalue weighted by atomic mass is 79.9. The Hall–Kier alpha value is -0.940. The zero-order chi connectivity index (χ0) is 12.6. The highest BCUT2D eigenvalue weighted by Crippen LogP contribution is 2.33. The molecule has 0 aliphatic carbocycles. The third-order valence-corrected chi connectivity index (χ3v) is 3.74. The van der Waals surface area contributed by atoms with E-state index in [0.29, 0.717) is 17.4 Å². The molecule has 1 aliphatic heterocycles. The molecule has 1 amide bonds. The van der Waals surface area contributed by atoms with Gasteiger partial charge in [0.15, 0.2) is 0 Å². The SMILES string of the molecule is CCN1C(=O)CC(N)C1c1ccc(Br)c(F)c1. The summed E-state index contributed by atoms with van der Waals surface area (Å²) in [6, 6.07) is 4.42. The first-order chi connectivity index (χ1) is 8.04. The van der Waals surface area contributed by atoms with Gasteiger partial charge in [0.25, 0.3) is 0 Å². The lowest BCUT2D eigenvalue weighted by Gasteiger charge is -2.26. The Kier molecular flexibility index (Phi) is 3.49. The summed E-state index contributed by atoms with van der Waals surface area (Å²) in [4.78, 5) is 13.4. The number of likely N-dealkylation sites (N-methyl/N-ethyl adjacent to an activating group) is 1. The van der Waals surface area contributed by atoms with E-state index in [4.69, 9.17) is 5.73 Å². The van der Waals surface area contributed by atoms with E-state index >= 15 is 0 Å². The molecule has 1 fully saturated rings. The Bertz CT molecular complexity index is 452. The largest absolute Gasteiger partial charge is 0.334 e. The second-order valence-electron chi connectivity index (χ2n) is 4.17. The number of carbonyl (C=O) groups is 1. The summed E-state index contributed by atoms with van der Waals surface area (Å²) in [7, 11) is 0. The van der Waals surface area contributed by atoms with Crippen LogP contribution in [-0.2, 0) is 4.79 Å². The summed E-state index contributed by atoms with van der Waals surface area (Å²) in [5, 5.41) is 0. The third-order valence-electron chi connectivity index (χ3n) is 3.10. The third kappa shape index (κ3) is 2.21. The topological polar surface area (TPSA) is 46.3 Å². The molecular formula is C12H14BrFN2O. The van der Waals surface area contributed by atoms with Gasteiger partial charge < -0.3 is 10.6 Å². The van der Waals surface area contributed by atoms with Crippen LogP contribution in [0.25, 0.3) is 0 Å². The Labute approximate surface area is 108 Å². The monoisotopic (exact) mass is 300 g/mol. The maximum absolute atomic E-state index is 13.5. The first kappa shape index (κ1) is 12.5. The molecule has 0 saturated carbocycles. The minimum absolute atomic E-state index is 0.0355. The van der Waals surface area contributed by atoms with Crippen molar-refractivity contribution in [1.82, 2.24) is 4.90 Å². The van der Waals surface area contributed by atoms with E-state index in [-0.39, 0.29) is 23.8 Å². The van der Waals surface area contributed by atoms with Crippen LogP contribution in [0.5, 0.6) is 0 Å².